The van der Waals surface area contributed by atoms with Crippen LogP contribution in [0.25, 0.3) is 0 Å². The van der Waals surface area contributed by atoms with E-state index in [1.54, 1.807) is 0 Å². The highest BCUT2D eigenvalue weighted by Gasteiger charge is 2.10. The molecule has 0 aromatic carbocycles. The van der Waals surface area contributed by atoms with E-state index in [-0.39, 0.29) is 0 Å². The number of hydrogen-bond acceptors (Lipinski definition) is 4. The van der Waals surface area contributed by atoms with E-state index in [1.165, 1.54) is 12.0 Å². The fourth-order valence-electron chi connectivity index (χ4n) is 2.48. The molecule has 4 nitrogen and oxygen atoms in total. The van der Waals surface area contributed by atoms with Gasteiger partial charge in [-0.05, 0) is 46.1 Å². The molecular formula is C16H30N4. The topological polar surface area (TPSA) is 31.4 Å². The molecule has 1 N–H and O–H groups in total. The van der Waals surface area contributed by atoms with Crippen LogP contribution in [0.4, 0.5) is 5.82 Å². The van der Waals surface area contributed by atoms with Gasteiger partial charge in [0.1, 0.15) is 5.82 Å². The fourth-order valence-corrected chi connectivity index (χ4v) is 2.48. The van der Waals surface area contributed by atoms with Crippen LogP contribution in [-0.2, 0) is 6.54 Å². The summed E-state index contributed by atoms with van der Waals surface area (Å²) in [5, 5.41) is 3.22. The van der Waals surface area contributed by atoms with E-state index in [4.69, 9.17) is 0 Å². The number of rotatable bonds is 10. The van der Waals surface area contributed by atoms with Crippen molar-refractivity contribution in [2.24, 2.45) is 0 Å². The van der Waals surface area contributed by atoms with E-state index in [0.717, 1.165) is 45.1 Å². The normalized spacial score (nSPS) is 11.1. The molecule has 20 heavy (non-hydrogen) atoms. The van der Waals surface area contributed by atoms with E-state index < -0.39 is 0 Å². The molecule has 0 spiro atoms. The van der Waals surface area contributed by atoms with Crippen molar-refractivity contribution in [3.63, 3.8) is 0 Å². The molecule has 4 heteroatoms. The molecule has 0 aliphatic heterocycles. The summed E-state index contributed by atoms with van der Waals surface area (Å²) in [5.74, 6) is 1.13. The molecule has 1 heterocycles. The molecule has 114 valence electrons. The van der Waals surface area contributed by atoms with Crippen molar-refractivity contribution >= 4 is 5.82 Å². The minimum absolute atomic E-state index is 0.871. The van der Waals surface area contributed by atoms with Gasteiger partial charge >= 0.3 is 0 Å². The summed E-state index contributed by atoms with van der Waals surface area (Å²) in [6, 6.07) is 4.17. The van der Waals surface area contributed by atoms with Crippen LogP contribution in [-0.4, -0.2) is 49.7 Å². The largest absolute Gasteiger partial charge is 0.357 e. The van der Waals surface area contributed by atoms with Crippen LogP contribution < -0.4 is 10.2 Å². The van der Waals surface area contributed by atoms with Crippen LogP contribution in [0, 0.1) is 0 Å². The first-order valence-corrected chi connectivity index (χ1v) is 7.82. The molecule has 0 bridgehead atoms. The first kappa shape index (κ1) is 16.9. The van der Waals surface area contributed by atoms with E-state index >= 15 is 0 Å². The minimum Gasteiger partial charge on any atom is -0.357 e. The van der Waals surface area contributed by atoms with Crippen molar-refractivity contribution in [2.75, 3.05) is 44.7 Å². The van der Waals surface area contributed by atoms with Gasteiger partial charge in [0.15, 0.2) is 0 Å². The number of pyridine rings is 1. The van der Waals surface area contributed by atoms with Crippen LogP contribution >= 0.6 is 0 Å². The Labute approximate surface area is 124 Å². The molecular weight excluding hydrogens is 248 g/mol. The predicted molar refractivity (Wildman–Crippen MR) is 87.3 cm³/mol. The second-order valence-corrected chi connectivity index (χ2v) is 4.98. The Morgan fingerprint density at radius 2 is 1.85 bits per heavy atom. The average Bonchev–Trinajstić information content (AvgIpc) is 2.49. The Balaban J connectivity index is 2.61. The quantitative estimate of drug-likeness (QED) is 0.712. The molecule has 1 aromatic heterocycles. The zero-order chi connectivity index (χ0) is 14.8. The zero-order valence-electron chi connectivity index (χ0n) is 13.5. The van der Waals surface area contributed by atoms with Crippen molar-refractivity contribution in [1.29, 1.82) is 0 Å². The lowest BCUT2D eigenvalue weighted by atomic mass is 10.2. The molecule has 0 atom stereocenters. The van der Waals surface area contributed by atoms with E-state index in [0.29, 0.717) is 0 Å². The lowest BCUT2D eigenvalue weighted by Gasteiger charge is -2.26. The summed E-state index contributed by atoms with van der Waals surface area (Å²) in [6.07, 6.45) is 3.08. The third kappa shape index (κ3) is 5.10. The zero-order valence-corrected chi connectivity index (χ0v) is 13.5. The molecule has 1 rings (SSSR count). The van der Waals surface area contributed by atoms with Crippen LogP contribution in [0.5, 0.6) is 0 Å². The monoisotopic (exact) mass is 278 g/mol. The second kappa shape index (κ2) is 9.72. The van der Waals surface area contributed by atoms with Gasteiger partial charge in [0.25, 0.3) is 0 Å². The molecule has 0 saturated carbocycles. The van der Waals surface area contributed by atoms with Gasteiger partial charge in [-0.1, -0.05) is 19.9 Å². The molecule has 0 radical (unpaired) electrons. The van der Waals surface area contributed by atoms with Crippen LogP contribution in [0.3, 0.4) is 0 Å². The lowest BCUT2D eigenvalue weighted by molar-refractivity contribution is 0.300. The predicted octanol–water partition coefficient (Wildman–Crippen LogP) is 2.36. The van der Waals surface area contributed by atoms with Gasteiger partial charge in [0, 0.05) is 31.4 Å². The van der Waals surface area contributed by atoms with E-state index in [9.17, 15) is 0 Å². The Kier molecular flexibility index (Phi) is 8.23. The van der Waals surface area contributed by atoms with Crippen LogP contribution in [0.1, 0.15) is 32.8 Å². The molecule has 0 unspecified atom stereocenters. The van der Waals surface area contributed by atoms with E-state index in [1.807, 2.05) is 19.3 Å². The van der Waals surface area contributed by atoms with Gasteiger partial charge in [0.2, 0.25) is 0 Å². The number of anilines is 1. The highest BCUT2D eigenvalue weighted by molar-refractivity contribution is 5.46. The SMILES string of the molecule is CCN(CC)CCCN(CC)c1ncccc1CNC. The molecule has 0 fully saturated rings. The second-order valence-electron chi connectivity index (χ2n) is 4.98. The minimum atomic E-state index is 0.871. The van der Waals surface area contributed by atoms with Crippen molar-refractivity contribution < 1.29 is 0 Å². The highest BCUT2D eigenvalue weighted by atomic mass is 15.2. The number of nitrogens with zero attached hydrogens (tertiary/aromatic N) is 3. The van der Waals surface area contributed by atoms with Crippen molar-refractivity contribution in [3.8, 4) is 0 Å². The summed E-state index contributed by atoms with van der Waals surface area (Å²) in [5.41, 5.74) is 1.28. The van der Waals surface area contributed by atoms with Crippen molar-refractivity contribution in [1.82, 2.24) is 15.2 Å². The van der Waals surface area contributed by atoms with Gasteiger partial charge in [0.05, 0.1) is 0 Å². The van der Waals surface area contributed by atoms with Crippen molar-refractivity contribution in [3.05, 3.63) is 23.9 Å². The van der Waals surface area contributed by atoms with E-state index in [2.05, 4.69) is 46.9 Å². The Hall–Kier alpha value is -1.13. The molecule has 0 aliphatic carbocycles. The van der Waals surface area contributed by atoms with Gasteiger partial charge in [-0.2, -0.15) is 0 Å². The van der Waals surface area contributed by atoms with Gasteiger partial charge in [-0.25, -0.2) is 4.98 Å². The first-order valence-electron chi connectivity index (χ1n) is 7.82. The van der Waals surface area contributed by atoms with Gasteiger partial charge < -0.3 is 15.1 Å². The maximum absolute atomic E-state index is 4.58. The molecule has 0 saturated heterocycles. The van der Waals surface area contributed by atoms with Crippen LogP contribution in [0.2, 0.25) is 0 Å². The number of hydrogen-bond donors (Lipinski definition) is 1. The first-order chi connectivity index (χ1) is 9.76. The summed E-state index contributed by atoms with van der Waals surface area (Å²) in [4.78, 5) is 9.44. The fraction of sp³-hybridized carbons (Fsp3) is 0.688. The van der Waals surface area contributed by atoms with Gasteiger partial charge in [-0.3, -0.25) is 0 Å². The van der Waals surface area contributed by atoms with Gasteiger partial charge in [-0.15, -0.1) is 0 Å². The molecule has 0 amide bonds. The molecule has 1 aromatic rings. The maximum Gasteiger partial charge on any atom is 0.132 e. The third-order valence-electron chi connectivity index (χ3n) is 3.71. The lowest BCUT2D eigenvalue weighted by Crippen LogP contribution is -2.31. The standard InChI is InChI=1S/C16H30N4/c1-5-19(6-2)12-9-13-20(7-3)16-15(14-17-4)10-8-11-18-16/h8,10-11,17H,5-7,9,12-14H2,1-4H3. The van der Waals surface area contributed by atoms with Crippen LogP contribution in [0.15, 0.2) is 18.3 Å². The smallest absolute Gasteiger partial charge is 0.132 e. The van der Waals surface area contributed by atoms with Crippen molar-refractivity contribution in [2.45, 2.75) is 33.7 Å². The maximum atomic E-state index is 4.58. The Bertz CT molecular complexity index is 363. The Morgan fingerprint density at radius 1 is 1.10 bits per heavy atom. The number of nitrogens with one attached hydrogen (secondary N) is 1. The molecule has 0 aliphatic rings. The number of aromatic nitrogens is 1. The Morgan fingerprint density at radius 3 is 2.45 bits per heavy atom. The average molecular weight is 278 g/mol. The third-order valence-corrected chi connectivity index (χ3v) is 3.71. The summed E-state index contributed by atoms with van der Waals surface area (Å²) in [7, 11) is 1.98. The summed E-state index contributed by atoms with van der Waals surface area (Å²) < 4.78 is 0. The highest BCUT2D eigenvalue weighted by Crippen LogP contribution is 2.17. The summed E-state index contributed by atoms with van der Waals surface area (Å²) in [6.45, 7) is 13.0. The summed E-state index contributed by atoms with van der Waals surface area (Å²) >= 11 is 0.